The lowest BCUT2D eigenvalue weighted by molar-refractivity contribution is -0.197. The number of ether oxygens (including phenoxy) is 3. The SMILES string of the molecule is CCCCCCCCCCCCCC(=O)OCC(OCc1ccccc1)OC(=O)CCCCCCCCCCCCC. The first-order valence-electron chi connectivity index (χ1n) is 17.7. The second kappa shape index (κ2) is 29.2. The molecule has 0 saturated heterocycles. The Morgan fingerprint density at radius 1 is 0.548 bits per heavy atom. The molecule has 0 aliphatic rings. The molecule has 1 atom stereocenters. The summed E-state index contributed by atoms with van der Waals surface area (Å²) in [6.45, 7) is 4.74. The predicted octanol–water partition coefficient (Wildman–Crippen LogP) is 11.0. The summed E-state index contributed by atoms with van der Waals surface area (Å²) >= 11 is 0. The monoisotopic (exact) mass is 588 g/mol. The van der Waals surface area contributed by atoms with Crippen LogP contribution in [0.1, 0.15) is 174 Å². The zero-order valence-electron chi connectivity index (χ0n) is 27.4. The van der Waals surface area contributed by atoms with E-state index in [4.69, 9.17) is 14.2 Å². The van der Waals surface area contributed by atoms with Crippen LogP contribution in [-0.2, 0) is 30.4 Å². The molecule has 242 valence electrons. The zero-order chi connectivity index (χ0) is 30.4. The third-order valence-electron chi connectivity index (χ3n) is 7.89. The van der Waals surface area contributed by atoms with Gasteiger partial charge < -0.3 is 14.2 Å². The van der Waals surface area contributed by atoms with Gasteiger partial charge in [0.2, 0.25) is 6.29 Å². The Morgan fingerprint density at radius 2 is 0.952 bits per heavy atom. The maximum atomic E-state index is 12.5. The van der Waals surface area contributed by atoms with Crippen LogP contribution in [0, 0.1) is 0 Å². The third kappa shape index (κ3) is 24.7. The van der Waals surface area contributed by atoms with Gasteiger partial charge in [0.15, 0.2) is 6.61 Å². The Balaban J connectivity index is 2.20. The lowest BCUT2D eigenvalue weighted by Gasteiger charge is -2.19. The van der Waals surface area contributed by atoms with Crippen molar-refractivity contribution in [1.29, 1.82) is 0 Å². The van der Waals surface area contributed by atoms with Gasteiger partial charge in [-0.3, -0.25) is 9.59 Å². The first-order chi connectivity index (χ1) is 20.7. The Morgan fingerprint density at radius 3 is 1.40 bits per heavy atom. The molecular weight excluding hydrogens is 524 g/mol. The van der Waals surface area contributed by atoms with Gasteiger partial charge in [-0.05, 0) is 18.4 Å². The van der Waals surface area contributed by atoms with Crippen LogP contribution >= 0.6 is 0 Å². The Kier molecular flexibility index (Phi) is 26.5. The van der Waals surface area contributed by atoms with Crippen molar-refractivity contribution in [2.75, 3.05) is 6.61 Å². The van der Waals surface area contributed by atoms with Crippen LogP contribution in [-0.4, -0.2) is 24.8 Å². The fourth-order valence-corrected chi connectivity index (χ4v) is 5.19. The molecular formula is C37H64O5. The van der Waals surface area contributed by atoms with Gasteiger partial charge in [-0.15, -0.1) is 0 Å². The summed E-state index contributed by atoms with van der Waals surface area (Å²) in [5, 5.41) is 0. The topological polar surface area (TPSA) is 61.8 Å². The third-order valence-corrected chi connectivity index (χ3v) is 7.89. The Labute approximate surface area is 258 Å². The Bertz CT molecular complexity index is 735. The van der Waals surface area contributed by atoms with Gasteiger partial charge in [-0.1, -0.05) is 173 Å². The van der Waals surface area contributed by atoms with E-state index in [9.17, 15) is 9.59 Å². The molecule has 5 nitrogen and oxygen atoms in total. The maximum Gasteiger partial charge on any atom is 0.308 e. The molecule has 0 aromatic heterocycles. The van der Waals surface area contributed by atoms with E-state index in [1.807, 2.05) is 30.3 Å². The molecule has 1 rings (SSSR count). The number of carbonyl (C=O) groups excluding carboxylic acids is 2. The molecule has 0 spiro atoms. The maximum absolute atomic E-state index is 12.5. The molecule has 1 aromatic carbocycles. The second-order valence-corrected chi connectivity index (χ2v) is 12.0. The molecule has 0 amide bonds. The van der Waals surface area contributed by atoms with E-state index in [1.165, 1.54) is 109 Å². The van der Waals surface area contributed by atoms with Crippen LogP contribution in [0.2, 0.25) is 0 Å². The highest BCUT2D eigenvalue weighted by molar-refractivity contribution is 5.70. The standard InChI is InChI=1S/C37H64O5/c1-3-5-7-9-11-13-15-17-19-21-26-30-35(38)40-33-37(41-32-34-28-24-23-25-29-34)42-36(39)31-27-22-20-18-16-14-12-10-8-6-4-2/h23-25,28-29,37H,3-22,26-27,30-33H2,1-2H3. The normalized spacial score (nSPS) is 11.9. The van der Waals surface area contributed by atoms with Gasteiger partial charge >= 0.3 is 11.9 Å². The quantitative estimate of drug-likeness (QED) is 0.0508. The van der Waals surface area contributed by atoms with Crippen molar-refractivity contribution in [2.24, 2.45) is 0 Å². The second-order valence-electron chi connectivity index (χ2n) is 12.0. The molecule has 0 aliphatic carbocycles. The van der Waals surface area contributed by atoms with Crippen molar-refractivity contribution in [3.05, 3.63) is 35.9 Å². The number of hydrogen-bond acceptors (Lipinski definition) is 5. The van der Waals surface area contributed by atoms with E-state index in [0.29, 0.717) is 19.4 Å². The van der Waals surface area contributed by atoms with Crippen LogP contribution in [0.5, 0.6) is 0 Å². The largest absolute Gasteiger partial charge is 0.459 e. The van der Waals surface area contributed by atoms with E-state index in [1.54, 1.807) is 0 Å². The smallest absolute Gasteiger partial charge is 0.308 e. The fraction of sp³-hybridized carbons (Fsp3) is 0.784. The number of carbonyl (C=O) groups is 2. The molecule has 5 heteroatoms. The summed E-state index contributed by atoms with van der Waals surface area (Å²) in [4.78, 5) is 24.8. The minimum absolute atomic E-state index is 0.0618. The molecule has 0 saturated carbocycles. The minimum Gasteiger partial charge on any atom is -0.459 e. The zero-order valence-corrected chi connectivity index (χ0v) is 27.4. The van der Waals surface area contributed by atoms with Crippen LogP contribution in [0.25, 0.3) is 0 Å². The van der Waals surface area contributed by atoms with Gasteiger partial charge in [0.1, 0.15) is 0 Å². The van der Waals surface area contributed by atoms with E-state index < -0.39 is 6.29 Å². The predicted molar refractivity (Wildman–Crippen MR) is 174 cm³/mol. The van der Waals surface area contributed by atoms with Gasteiger partial charge in [-0.25, -0.2) is 0 Å². The molecule has 0 fully saturated rings. The van der Waals surface area contributed by atoms with Gasteiger partial charge in [0, 0.05) is 12.8 Å². The summed E-state index contributed by atoms with van der Waals surface area (Å²) in [6, 6.07) is 9.76. The van der Waals surface area contributed by atoms with Gasteiger partial charge in [-0.2, -0.15) is 0 Å². The average Bonchev–Trinajstić information content (AvgIpc) is 3.00. The molecule has 0 aliphatic heterocycles. The van der Waals surface area contributed by atoms with E-state index in [-0.39, 0.29) is 18.5 Å². The summed E-state index contributed by atoms with van der Waals surface area (Å²) in [5.41, 5.74) is 0.983. The van der Waals surface area contributed by atoms with Crippen molar-refractivity contribution in [1.82, 2.24) is 0 Å². The van der Waals surface area contributed by atoms with Crippen molar-refractivity contribution < 1.29 is 23.8 Å². The van der Waals surface area contributed by atoms with Gasteiger partial charge in [0.05, 0.1) is 6.61 Å². The van der Waals surface area contributed by atoms with Crippen LogP contribution < -0.4 is 0 Å². The summed E-state index contributed by atoms with van der Waals surface area (Å²) in [5.74, 6) is -0.536. The van der Waals surface area contributed by atoms with Gasteiger partial charge in [0.25, 0.3) is 0 Å². The fourth-order valence-electron chi connectivity index (χ4n) is 5.19. The van der Waals surface area contributed by atoms with E-state index in [2.05, 4.69) is 13.8 Å². The van der Waals surface area contributed by atoms with Crippen molar-refractivity contribution in [3.63, 3.8) is 0 Å². The highest BCUT2D eigenvalue weighted by Crippen LogP contribution is 2.14. The number of esters is 2. The molecule has 0 radical (unpaired) electrons. The van der Waals surface area contributed by atoms with E-state index in [0.717, 1.165) is 37.7 Å². The summed E-state index contributed by atoms with van der Waals surface area (Å²) in [7, 11) is 0. The molecule has 1 unspecified atom stereocenters. The van der Waals surface area contributed by atoms with E-state index >= 15 is 0 Å². The number of benzene rings is 1. The Hall–Kier alpha value is -1.88. The molecule has 0 heterocycles. The minimum atomic E-state index is -0.883. The van der Waals surface area contributed by atoms with Crippen LogP contribution in [0.15, 0.2) is 30.3 Å². The molecule has 42 heavy (non-hydrogen) atoms. The molecule has 1 aromatic rings. The van der Waals surface area contributed by atoms with Crippen LogP contribution in [0.4, 0.5) is 0 Å². The first kappa shape index (κ1) is 38.1. The molecule has 0 bridgehead atoms. The number of rotatable bonds is 30. The van der Waals surface area contributed by atoms with Crippen molar-refractivity contribution in [2.45, 2.75) is 181 Å². The summed E-state index contributed by atoms with van der Waals surface area (Å²) in [6.07, 6.45) is 27.1. The number of unbranched alkanes of at least 4 members (excludes halogenated alkanes) is 20. The first-order valence-corrected chi connectivity index (χ1v) is 17.7. The number of hydrogen-bond donors (Lipinski definition) is 0. The highest BCUT2D eigenvalue weighted by atomic mass is 16.7. The van der Waals surface area contributed by atoms with Crippen LogP contribution in [0.3, 0.4) is 0 Å². The summed E-state index contributed by atoms with van der Waals surface area (Å²) < 4.78 is 16.9. The van der Waals surface area contributed by atoms with Crippen molar-refractivity contribution >= 4 is 11.9 Å². The lowest BCUT2D eigenvalue weighted by Crippen LogP contribution is -2.28. The lowest BCUT2D eigenvalue weighted by atomic mass is 10.1. The average molecular weight is 589 g/mol. The highest BCUT2D eigenvalue weighted by Gasteiger charge is 2.18. The van der Waals surface area contributed by atoms with Crippen molar-refractivity contribution in [3.8, 4) is 0 Å². The molecule has 0 N–H and O–H groups in total.